The molecule has 2 N–H and O–H groups in total. The molecule has 5 heteroatoms. The highest BCUT2D eigenvalue weighted by Crippen LogP contribution is 2.26. The molecule has 1 saturated carbocycles. The molecule has 5 nitrogen and oxygen atoms in total. The number of carbonyl (C=O) groups excluding carboxylic acids is 1. The average Bonchev–Trinajstić information content (AvgIpc) is 2.97. The molecule has 0 unspecified atom stereocenters. The van der Waals surface area contributed by atoms with Gasteiger partial charge in [0.2, 0.25) is 0 Å². The van der Waals surface area contributed by atoms with Crippen LogP contribution in [0.4, 0.5) is 0 Å². The number of benzene rings is 1. The van der Waals surface area contributed by atoms with E-state index in [0.717, 1.165) is 25.0 Å². The van der Waals surface area contributed by atoms with Crippen molar-refractivity contribution in [2.75, 3.05) is 6.61 Å². The van der Waals surface area contributed by atoms with Crippen LogP contribution in [-0.4, -0.2) is 29.6 Å². The van der Waals surface area contributed by atoms with Crippen molar-refractivity contribution in [1.29, 1.82) is 0 Å². The van der Waals surface area contributed by atoms with Gasteiger partial charge in [-0.1, -0.05) is 13.3 Å². The van der Waals surface area contributed by atoms with E-state index in [1.807, 2.05) is 0 Å². The lowest BCUT2D eigenvalue weighted by Gasteiger charge is -2.13. The Bertz CT molecular complexity index is 512. The number of carboxylic acids is 1. The Morgan fingerprint density at radius 3 is 2.59 bits per heavy atom. The molecule has 1 aliphatic carbocycles. The summed E-state index contributed by atoms with van der Waals surface area (Å²) in [6.07, 6.45) is 3.96. The Hall–Kier alpha value is -2.04. The third-order valence-corrected chi connectivity index (χ3v) is 4.00. The van der Waals surface area contributed by atoms with Gasteiger partial charge in [-0.2, -0.15) is 0 Å². The number of rotatable bonds is 7. The van der Waals surface area contributed by atoms with E-state index < -0.39 is 5.97 Å². The van der Waals surface area contributed by atoms with E-state index in [1.54, 1.807) is 24.3 Å². The van der Waals surface area contributed by atoms with Gasteiger partial charge < -0.3 is 15.2 Å². The summed E-state index contributed by atoms with van der Waals surface area (Å²) in [5, 5.41) is 11.9. The molecule has 0 saturated heterocycles. The summed E-state index contributed by atoms with van der Waals surface area (Å²) >= 11 is 0. The smallest absolute Gasteiger partial charge is 0.306 e. The number of carboxylic acid groups (broad SMARTS) is 1. The van der Waals surface area contributed by atoms with Gasteiger partial charge in [-0.05, 0) is 49.9 Å². The second-order valence-electron chi connectivity index (χ2n) is 5.74. The summed E-state index contributed by atoms with van der Waals surface area (Å²) < 4.78 is 5.56. The van der Waals surface area contributed by atoms with Crippen LogP contribution in [0.15, 0.2) is 24.3 Å². The van der Waals surface area contributed by atoms with Crippen LogP contribution in [0, 0.1) is 5.92 Å². The Morgan fingerprint density at radius 2 is 2.00 bits per heavy atom. The van der Waals surface area contributed by atoms with E-state index in [0.29, 0.717) is 25.0 Å². The van der Waals surface area contributed by atoms with Crippen molar-refractivity contribution in [1.82, 2.24) is 5.32 Å². The molecule has 1 aromatic carbocycles. The first-order chi connectivity index (χ1) is 10.6. The van der Waals surface area contributed by atoms with Gasteiger partial charge in [0, 0.05) is 11.6 Å². The quantitative estimate of drug-likeness (QED) is 0.760. The van der Waals surface area contributed by atoms with Gasteiger partial charge in [-0.15, -0.1) is 0 Å². The maximum Gasteiger partial charge on any atom is 0.306 e. The number of aliphatic carboxylic acids is 1. The number of hydrogen-bond donors (Lipinski definition) is 2. The molecular weight excluding hydrogens is 282 g/mol. The van der Waals surface area contributed by atoms with Gasteiger partial charge in [0.05, 0.1) is 12.5 Å². The van der Waals surface area contributed by atoms with E-state index in [-0.39, 0.29) is 17.9 Å². The first-order valence-corrected chi connectivity index (χ1v) is 7.86. The van der Waals surface area contributed by atoms with Crippen LogP contribution < -0.4 is 10.1 Å². The van der Waals surface area contributed by atoms with Gasteiger partial charge in [-0.3, -0.25) is 9.59 Å². The van der Waals surface area contributed by atoms with Crippen molar-refractivity contribution in [2.24, 2.45) is 5.92 Å². The molecule has 0 aliphatic heterocycles. The maximum absolute atomic E-state index is 12.1. The lowest BCUT2D eigenvalue weighted by atomic mass is 10.1. The monoisotopic (exact) mass is 305 g/mol. The summed E-state index contributed by atoms with van der Waals surface area (Å²) in [5.74, 6) is -0.502. The predicted octanol–water partition coefficient (Wildman–Crippen LogP) is 2.85. The third-order valence-electron chi connectivity index (χ3n) is 4.00. The molecule has 0 heterocycles. The van der Waals surface area contributed by atoms with Crippen LogP contribution >= 0.6 is 0 Å². The molecule has 22 heavy (non-hydrogen) atoms. The highest BCUT2D eigenvalue weighted by atomic mass is 16.5. The number of unbranched alkanes of at least 4 members (excludes halogenated alkanes) is 1. The second kappa shape index (κ2) is 7.82. The van der Waals surface area contributed by atoms with Crippen LogP contribution in [0.1, 0.15) is 49.4 Å². The lowest BCUT2D eigenvalue weighted by Crippen LogP contribution is -2.33. The van der Waals surface area contributed by atoms with Crippen molar-refractivity contribution >= 4 is 11.9 Å². The largest absolute Gasteiger partial charge is 0.494 e. The summed E-state index contributed by atoms with van der Waals surface area (Å²) in [6.45, 7) is 2.79. The van der Waals surface area contributed by atoms with E-state index in [2.05, 4.69) is 12.2 Å². The fourth-order valence-corrected chi connectivity index (χ4v) is 2.64. The van der Waals surface area contributed by atoms with E-state index in [4.69, 9.17) is 9.84 Å². The van der Waals surface area contributed by atoms with Crippen molar-refractivity contribution in [3.63, 3.8) is 0 Å². The fourth-order valence-electron chi connectivity index (χ4n) is 2.64. The van der Waals surface area contributed by atoms with Crippen LogP contribution in [-0.2, 0) is 4.79 Å². The SMILES string of the molecule is CCCCOc1ccc(C(=O)N[C@H]2CC[C@@H](C(=O)O)C2)cc1. The molecule has 1 aliphatic rings. The maximum atomic E-state index is 12.1. The lowest BCUT2D eigenvalue weighted by molar-refractivity contribution is -0.141. The third kappa shape index (κ3) is 4.48. The van der Waals surface area contributed by atoms with Crippen molar-refractivity contribution in [3.05, 3.63) is 29.8 Å². The molecule has 2 atom stereocenters. The Labute approximate surface area is 130 Å². The van der Waals surface area contributed by atoms with Crippen molar-refractivity contribution < 1.29 is 19.4 Å². The number of hydrogen-bond acceptors (Lipinski definition) is 3. The molecule has 1 aromatic rings. The van der Waals surface area contributed by atoms with Crippen LogP contribution in [0.3, 0.4) is 0 Å². The van der Waals surface area contributed by atoms with Gasteiger partial charge in [-0.25, -0.2) is 0 Å². The number of carbonyl (C=O) groups is 2. The topological polar surface area (TPSA) is 75.6 Å². The zero-order valence-corrected chi connectivity index (χ0v) is 12.9. The number of amides is 1. The van der Waals surface area contributed by atoms with Gasteiger partial charge in [0.25, 0.3) is 5.91 Å². The highest BCUT2D eigenvalue weighted by Gasteiger charge is 2.30. The molecular formula is C17H23NO4. The van der Waals surface area contributed by atoms with E-state index >= 15 is 0 Å². The second-order valence-corrected chi connectivity index (χ2v) is 5.74. The van der Waals surface area contributed by atoms with E-state index in [9.17, 15) is 9.59 Å². The molecule has 2 rings (SSSR count). The van der Waals surface area contributed by atoms with Crippen LogP contribution in [0.5, 0.6) is 5.75 Å². The normalized spacial score (nSPS) is 20.6. The molecule has 1 amide bonds. The fraction of sp³-hybridized carbons (Fsp3) is 0.529. The van der Waals surface area contributed by atoms with Crippen molar-refractivity contribution in [2.45, 2.75) is 45.1 Å². The van der Waals surface area contributed by atoms with Gasteiger partial charge in [0.1, 0.15) is 5.75 Å². The zero-order chi connectivity index (χ0) is 15.9. The summed E-state index contributed by atoms with van der Waals surface area (Å²) in [6, 6.07) is 7.01. The van der Waals surface area contributed by atoms with Crippen molar-refractivity contribution in [3.8, 4) is 5.75 Å². The van der Waals surface area contributed by atoms with Gasteiger partial charge in [0.15, 0.2) is 0 Å². The summed E-state index contributed by atoms with van der Waals surface area (Å²) in [5.41, 5.74) is 0.571. The first kappa shape index (κ1) is 16.3. The molecule has 0 bridgehead atoms. The van der Waals surface area contributed by atoms with E-state index in [1.165, 1.54) is 0 Å². The Kier molecular flexibility index (Phi) is 5.81. The molecule has 0 radical (unpaired) electrons. The molecule has 0 spiro atoms. The summed E-state index contributed by atoms with van der Waals surface area (Å²) in [4.78, 5) is 23.1. The minimum absolute atomic E-state index is 0.0471. The first-order valence-electron chi connectivity index (χ1n) is 7.86. The predicted molar refractivity (Wildman–Crippen MR) is 83.1 cm³/mol. The van der Waals surface area contributed by atoms with Gasteiger partial charge >= 0.3 is 5.97 Å². The number of nitrogens with one attached hydrogen (secondary N) is 1. The molecule has 1 fully saturated rings. The standard InChI is InChI=1S/C17H23NO4/c1-2-3-10-22-15-8-5-12(6-9-15)16(19)18-14-7-4-13(11-14)17(20)21/h5-6,8-9,13-14H,2-4,7,10-11H2,1H3,(H,18,19)(H,20,21)/t13-,14+/m1/s1. The minimum atomic E-state index is -0.773. The Morgan fingerprint density at radius 1 is 1.27 bits per heavy atom. The van der Waals surface area contributed by atoms with Crippen LogP contribution in [0.2, 0.25) is 0 Å². The number of ether oxygens (including phenoxy) is 1. The molecule has 0 aromatic heterocycles. The van der Waals surface area contributed by atoms with Crippen LogP contribution in [0.25, 0.3) is 0 Å². The zero-order valence-electron chi connectivity index (χ0n) is 12.9. The average molecular weight is 305 g/mol. The Balaban J connectivity index is 1.84. The minimum Gasteiger partial charge on any atom is -0.494 e. The molecule has 120 valence electrons. The summed E-state index contributed by atoms with van der Waals surface area (Å²) in [7, 11) is 0. The highest BCUT2D eigenvalue weighted by molar-refractivity contribution is 5.94.